The Bertz CT molecular complexity index is 275. The fourth-order valence-corrected chi connectivity index (χ4v) is 2.56. The van der Waals surface area contributed by atoms with Gasteiger partial charge in [0.2, 0.25) is 0 Å². The van der Waals surface area contributed by atoms with Crippen LogP contribution in [-0.4, -0.2) is 45.1 Å². The van der Waals surface area contributed by atoms with Crippen molar-refractivity contribution in [3.63, 3.8) is 0 Å². The summed E-state index contributed by atoms with van der Waals surface area (Å²) >= 11 is 0. The Labute approximate surface area is 103 Å². The van der Waals surface area contributed by atoms with Gasteiger partial charge in [0.1, 0.15) is 6.10 Å². The van der Waals surface area contributed by atoms with Gasteiger partial charge >= 0.3 is 0 Å². The molecule has 0 bridgehead atoms. The average Bonchev–Trinajstić information content (AvgIpc) is 2.75. The number of aliphatic imine (C=N–C) groups is 1. The third kappa shape index (κ3) is 3.10. The van der Waals surface area contributed by atoms with E-state index in [2.05, 4.69) is 15.6 Å². The molecule has 2 N–H and O–H groups in total. The van der Waals surface area contributed by atoms with Gasteiger partial charge in [-0.15, -0.1) is 0 Å². The summed E-state index contributed by atoms with van der Waals surface area (Å²) in [6.45, 7) is 1.43. The van der Waals surface area contributed by atoms with E-state index in [0.29, 0.717) is 6.61 Å². The van der Waals surface area contributed by atoms with E-state index in [-0.39, 0.29) is 11.9 Å². The van der Waals surface area contributed by atoms with Crippen molar-refractivity contribution in [2.45, 2.75) is 44.0 Å². The van der Waals surface area contributed by atoms with Gasteiger partial charge in [0.05, 0.1) is 6.61 Å². The van der Waals surface area contributed by atoms with Gasteiger partial charge in [-0.05, 0) is 12.8 Å². The SMILES string of the molecule is CN=C(NC)NCC1COC2(CCCCC2)O1. The molecule has 1 heterocycles. The Balaban J connectivity index is 1.77. The zero-order valence-electron chi connectivity index (χ0n) is 10.8. The first kappa shape index (κ1) is 12.6. The maximum Gasteiger partial charge on any atom is 0.190 e. The monoisotopic (exact) mass is 241 g/mol. The van der Waals surface area contributed by atoms with E-state index in [1.54, 1.807) is 7.05 Å². The summed E-state index contributed by atoms with van der Waals surface area (Å²) in [6, 6.07) is 0. The molecule has 1 saturated heterocycles. The fraction of sp³-hybridized carbons (Fsp3) is 0.917. The third-order valence-corrected chi connectivity index (χ3v) is 3.49. The topological polar surface area (TPSA) is 54.9 Å². The van der Waals surface area contributed by atoms with Gasteiger partial charge in [-0.3, -0.25) is 4.99 Å². The minimum atomic E-state index is -0.270. The Hall–Kier alpha value is -0.810. The summed E-state index contributed by atoms with van der Waals surface area (Å²) in [4.78, 5) is 4.07. The van der Waals surface area contributed by atoms with Crippen LogP contribution in [0.2, 0.25) is 0 Å². The Morgan fingerprint density at radius 3 is 2.76 bits per heavy atom. The van der Waals surface area contributed by atoms with E-state index in [9.17, 15) is 0 Å². The normalized spacial score (nSPS) is 28.4. The van der Waals surface area contributed by atoms with Crippen molar-refractivity contribution in [1.29, 1.82) is 0 Å². The summed E-state index contributed by atoms with van der Waals surface area (Å²) < 4.78 is 11.9. The highest BCUT2D eigenvalue weighted by Gasteiger charge is 2.41. The lowest BCUT2D eigenvalue weighted by molar-refractivity contribution is -0.186. The van der Waals surface area contributed by atoms with E-state index < -0.39 is 0 Å². The van der Waals surface area contributed by atoms with Crippen LogP contribution >= 0.6 is 0 Å². The Morgan fingerprint density at radius 1 is 1.35 bits per heavy atom. The van der Waals surface area contributed by atoms with Gasteiger partial charge in [0, 0.05) is 33.5 Å². The van der Waals surface area contributed by atoms with E-state index in [0.717, 1.165) is 25.3 Å². The van der Waals surface area contributed by atoms with Crippen molar-refractivity contribution in [1.82, 2.24) is 10.6 Å². The summed E-state index contributed by atoms with van der Waals surface area (Å²) in [5.41, 5.74) is 0. The molecule has 1 aliphatic heterocycles. The first-order chi connectivity index (χ1) is 8.28. The van der Waals surface area contributed by atoms with Crippen molar-refractivity contribution in [2.75, 3.05) is 27.2 Å². The van der Waals surface area contributed by atoms with Crippen LogP contribution < -0.4 is 10.6 Å². The number of nitrogens with zero attached hydrogens (tertiary/aromatic N) is 1. The van der Waals surface area contributed by atoms with Crippen molar-refractivity contribution in [3.05, 3.63) is 0 Å². The molecule has 2 aliphatic rings. The molecule has 17 heavy (non-hydrogen) atoms. The van der Waals surface area contributed by atoms with E-state index >= 15 is 0 Å². The highest BCUT2D eigenvalue weighted by Crippen LogP contribution is 2.37. The molecular formula is C12H23N3O2. The van der Waals surface area contributed by atoms with Crippen LogP contribution in [0.4, 0.5) is 0 Å². The maximum atomic E-state index is 6.06. The molecule has 2 rings (SSSR count). The minimum Gasteiger partial charge on any atom is -0.359 e. The zero-order valence-corrected chi connectivity index (χ0v) is 10.8. The Morgan fingerprint density at radius 2 is 2.12 bits per heavy atom. The minimum absolute atomic E-state index is 0.137. The van der Waals surface area contributed by atoms with E-state index in [4.69, 9.17) is 9.47 Å². The lowest BCUT2D eigenvalue weighted by atomic mass is 9.94. The third-order valence-electron chi connectivity index (χ3n) is 3.49. The molecule has 98 valence electrons. The molecule has 1 aliphatic carbocycles. The predicted octanol–water partition coefficient (Wildman–Crippen LogP) is 0.857. The number of hydrogen-bond acceptors (Lipinski definition) is 3. The molecule has 0 aromatic heterocycles. The molecule has 5 heteroatoms. The van der Waals surface area contributed by atoms with E-state index in [1.165, 1.54) is 19.3 Å². The van der Waals surface area contributed by atoms with Gasteiger partial charge < -0.3 is 20.1 Å². The van der Waals surface area contributed by atoms with Crippen LogP contribution in [0.1, 0.15) is 32.1 Å². The number of rotatable bonds is 2. The first-order valence-electron chi connectivity index (χ1n) is 6.48. The second-order valence-electron chi connectivity index (χ2n) is 4.73. The van der Waals surface area contributed by atoms with Gasteiger partial charge in [-0.1, -0.05) is 6.42 Å². The molecule has 5 nitrogen and oxygen atoms in total. The van der Waals surface area contributed by atoms with Crippen molar-refractivity contribution < 1.29 is 9.47 Å². The molecular weight excluding hydrogens is 218 g/mol. The first-order valence-corrected chi connectivity index (χ1v) is 6.48. The highest BCUT2D eigenvalue weighted by atomic mass is 16.7. The van der Waals surface area contributed by atoms with Crippen molar-refractivity contribution >= 4 is 5.96 Å². The zero-order chi connectivity index (χ0) is 12.1. The molecule has 0 aromatic rings. The molecule has 1 atom stereocenters. The lowest BCUT2D eigenvalue weighted by Crippen LogP contribution is -2.41. The van der Waals surface area contributed by atoms with Crippen LogP contribution in [-0.2, 0) is 9.47 Å². The molecule has 0 aromatic carbocycles. The molecule has 0 radical (unpaired) electrons. The number of nitrogens with one attached hydrogen (secondary N) is 2. The van der Waals surface area contributed by atoms with Crippen LogP contribution in [0.15, 0.2) is 4.99 Å². The predicted molar refractivity (Wildman–Crippen MR) is 67.1 cm³/mol. The fourth-order valence-electron chi connectivity index (χ4n) is 2.56. The standard InChI is InChI=1S/C12H23N3O2/c1-13-11(14-2)15-8-10-9-16-12(17-10)6-4-3-5-7-12/h10H,3-9H2,1-2H3,(H2,13,14,15). The molecule has 0 amide bonds. The Kier molecular flexibility index (Phi) is 4.23. The number of hydrogen-bond donors (Lipinski definition) is 2. The summed E-state index contributed by atoms with van der Waals surface area (Å²) in [5, 5.41) is 6.21. The largest absolute Gasteiger partial charge is 0.359 e. The summed E-state index contributed by atoms with van der Waals surface area (Å²) in [5.74, 6) is 0.520. The van der Waals surface area contributed by atoms with Crippen LogP contribution in [0.5, 0.6) is 0 Å². The van der Waals surface area contributed by atoms with Crippen LogP contribution in [0, 0.1) is 0 Å². The van der Waals surface area contributed by atoms with Gasteiger partial charge in [0.15, 0.2) is 11.7 Å². The van der Waals surface area contributed by atoms with Crippen LogP contribution in [0.25, 0.3) is 0 Å². The average molecular weight is 241 g/mol. The summed E-state index contributed by atoms with van der Waals surface area (Å²) in [7, 11) is 3.61. The van der Waals surface area contributed by atoms with Crippen molar-refractivity contribution in [3.8, 4) is 0 Å². The molecule has 1 saturated carbocycles. The second-order valence-corrected chi connectivity index (χ2v) is 4.73. The van der Waals surface area contributed by atoms with Crippen LogP contribution in [0.3, 0.4) is 0 Å². The van der Waals surface area contributed by atoms with Crippen molar-refractivity contribution in [2.24, 2.45) is 4.99 Å². The molecule has 2 fully saturated rings. The summed E-state index contributed by atoms with van der Waals surface area (Å²) in [6.07, 6.45) is 5.98. The van der Waals surface area contributed by atoms with Gasteiger partial charge in [-0.25, -0.2) is 0 Å². The molecule has 1 spiro atoms. The lowest BCUT2D eigenvalue weighted by Gasteiger charge is -2.31. The van der Waals surface area contributed by atoms with E-state index in [1.807, 2.05) is 7.05 Å². The van der Waals surface area contributed by atoms with Gasteiger partial charge in [-0.2, -0.15) is 0 Å². The number of guanidine groups is 1. The van der Waals surface area contributed by atoms with Gasteiger partial charge in [0.25, 0.3) is 0 Å². The smallest absolute Gasteiger partial charge is 0.190 e. The quantitative estimate of drug-likeness (QED) is 0.556. The molecule has 1 unspecified atom stereocenters. The maximum absolute atomic E-state index is 6.06. The highest BCUT2D eigenvalue weighted by molar-refractivity contribution is 5.79. The second kappa shape index (κ2) is 5.69. The number of ether oxygens (including phenoxy) is 2.